The van der Waals surface area contributed by atoms with Crippen LogP contribution in [0.25, 0.3) is 0 Å². The first-order chi connectivity index (χ1) is 8.68. The van der Waals surface area contributed by atoms with Crippen LogP contribution in [0.1, 0.15) is 28.8 Å². The molecule has 0 unspecified atom stereocenters. The molecule has 2 rings (SSSR count). The van der Waals surface area contributed by atoms with Crippen LogP contribution in [0.4, 0.5) is 5.69 Å². The van der Waals surface area contributed by atoms with Crippen LogP contribution in [0.15, 0.2) is 18.2 Å². The fourth-order valence-electron chi connectivity index (χ4n) is 2.15. The van der Waals surface area contributed by atoms with Crippen molar-refractivity contribution < 1.29 is 14.3 Å². The Balaban J connectivity index is 1.95. The maximum atomic E-state index is 12.0. The van der Waals surface area contributed by atoms with Crippen molar-refractivity contribution in [2.24, 2.45) is 5.92 Å². The van der Waals surface area contributed by atoms with Gasteiger partial charge in [0.15, 0.2) is 0 Å². The molecule has 0 saturated carbocycles. The molecule has 4 nitrogen and oxygen atoms in total. The molecule has 0 aliphatic carbocycles. The summed E-state index contributed by atoms with van der Waals surface area (Å²) in [5.41, 5.74) is 7.63. The van der Waals surface area contributed by atoms with Gasteiger partial charge in [0.2, 0.25) is 0 Å². The third-order valence-corrected chi connectivity index (χ3v) is 3.30. The summed E-state index contributed by atoms with van der Waals surface area (Å²) >= 11 is 0. The van der Waals surface area contributed by atoms with Gasteiger partial charge in [0.25, 0.3) is 0 Å². The minimum absolute atomic E-state index is 0.322. The number of benzene rings is 1. The van der Waals surface area contributed by atoms with E-state index < -0.39 is 0 Å². The molecular weight excluding hydrogens is 230 g/mol. The molecule has 0 aromatic heterocycles. The van der Waals surface area contributed by atoms with E-state index in [0.717, 1.165) is 31.6 Å². The average molecular weight is 249 g/mol. The number of rotatable bonds is 3. The summed E-state index contributed by atoms with van der Waals surface area (Å²) in [7, 11) is 0. The van der Waals surface area contributed by atoms with Gasteiger partial charge in [0, 0.05) is 18.9 Å². The average Bonchev–Trinajstić information content (AvgIpc) is 2.37. The van der Waals surface area contributed by atoms with Gasteiger partial charge >= 0.3 is 5.97 Å². The second-order valence-electron chi connectivity index (χ2n) is 4.69. The molecule has 2 N–H and O–H groups in total. The number of esters is 1. The molecule has 1 saturated heterocycles. The van der Waals surface area contributed by atoms with Crippen molar-refractivity contribution in [2.75, 3.05) is 25.6 Å². The van der Waals surface area contributed by atoms with Crippen LogP contribution in [0.3, 0.4) is 0 Å². The number of hydrogen-bond donors (Lipinski definition) is 1. The summed E-state index contributed by atoms with van der Waals surface area (Å²) in [4.78, 5) is 12.0. The minimum atomic E-state index is -0.322. The van der Waals surface area contributed by atoms with Crippen LogP contribution in [0.2, 0.25) is 0 Å². The standard InChI is InChI=1S/C14H19NO3/c1-10-3-2-4-12(15)13(10)14(16)18-9-11-5-7-17-8-6-11/h2-4,11H,5-9,15H2,1H3. The first kappa shape index (κ1) is 12.9. The van der Waals surface area contributed by atoms with E-state index in [0.29, 0.717) is 23.8 Å². The van der Waals surface area contributed by atoms with Crippen LogP contribution in [0, 0.1) is 12.8 Å². The topological polar surface area (TPSA) is 61.6 Å². The fourth-order valence-corrected chi connectivity index (χ4v) is 2.15. The molecule has 0 bridgehead atoms. The van der Waals surface area contributed by atoms with Crippen molar-refractivity contribution in [3.05, 3.63) is 29.3 Å². The van der Waals surface area contributed by atoms with Crippen molar-refractivity contribution in [3.63, 3.8) is 0 Å². The molecule has 0 atom stereocenters. The summed E-state index contributed by atoms with van der Waals surface area (Å²) in [5, 5.41) is 0. The second kappa shape index (κ2) is 5.87. The zero-order valence-corrected chi connectivity index (χ0v) is 10.6. The van der Waals surface area contributed by atoms with Gasteiger partial charge in [0.1, 0.15) is 0 Å². The van der Waals surface area contributed by atoms with Crippen molar-refractivity contribution in [1.82, 2.24) is 0 Å². The highest BCUT2D eigenvalue weighted by Crippen LogP contribution is 2.19. The van der Waals surface area contributed by atoms with Crippen LogP contribution in [-0.2, 0) is 9.47 Å². The Morgan fingerprint density at radius 1 is 1.44 bits per heavy atom. The van der Waals surface area contributed by atoms with Crippen LogP contribution < -0.4 is 5.73 Å². The zero-order chi connectivity index (χ0) is 13.0. The lowest BCUT2D eigenvalue weighted by atomic mass is 10.0. The maximum absolute atomic E-state index is 12.0. The van der Waals surface area contributed by atoms with E-state index >= 15 is 0 Å². The van der Waals surface area contributed by atoms with Gasteiger partial charge in [-0.2, -0.15) is 0 Å². The monoisotopic (exact) mass is 249 g/mol. The summed E-state index contributed by atoms with van der Waals surface area (Å²) < 4.78 is 10.6. The van der Waals surface area contributed by atoms with Crippen molar-refractivity contribution in [3.8, 4) is 0 Å². The molecule has 1 aromatic rings. The minimum Gasteiger partial charge on any atom is -0.462 e. The van der Waals surface area contributed by atoms with Crippen LogP contribution in [-0.4, -0.2) is 25.8 Å². The maximum Gasteiger partial charge on any atom is 0.340 e. The van der Waals surface area contributed by atoms with E-state index in [-0.39, 0.29) is 5.97 Å². The first-order valence-corrected chi connectivity index (χ1v) is 6.28. The fraction of sp³-hybridized carbons (Fsp3) is 0.500. The molecule has 98 valence electrons. The highest BCUT2D eigenvalue weighted by Gasteiger charge is 2.18. The van der Waals surface area contributed by atoms with Gasteiger partial charge in [-0.25, -0.2) is 4.79 Å². The molecule has 1 aromatic carbocycles. The molecule has 0 radical (unpaired) electrons. The number of carbonyl (C=O) groups is 1. The summed E-state index contributed by atoms with van der Waals surface area (Å²) in [6.45, 7) is 3.83. The normalized spacial score (nSPS) is 16.5. The van der Waals surface area contributed by atoms with Crippen molar-refractivity contribution in [1.29, 1.82) is 0 Å². The third kappa shape index (κ3) is 3.01. The SMILES string of the molecule is Cc1cccc(N)c1C(=O)OCC1CCOCC1. The van der Waals surface area contributed by atoms with Gasteiger partial charge in [-0.1, -0.05) is 12.1 Å². The number of nitrogens with two attached hydrogens (primary N) is 1. The van der Waals surface area contributed by atoms with E-state index in [1.807, 2.05) is 19.1 Å². The van der Waals surface area contributed by atoms with E-state index in [1.54, 1.807) is 6.07 Å². The van der Waals surface area contributed by atoms with Gasteiger partial charge in [-0.15, -0.1) is 0 Å². The molecule has 1 fully saturated rings. The lowest BCUT2D eigenvalue weighted by molar-refractivity contribution is 0.0186. The van der Waals surface area contributed by atoms with E-state index in [4.69, 9.17) is 15.2 Å². The summed E-state index contributed by atoms with van der Waals surface area (Å²) in [6, 6.07) is 5.42. The number of hydrogen-bond acceptors (Lipinski definition) is 4. The molecule has 18 heavy (non-hydrogen) atoms. The van der Waals surface area contributed by atoms with Crippen LogP contribution >= 0.6 is 0 Å². The Hall–Kier alpha value is -1.55. The van der Waals surface area contributed by atoms with Crippen molar-refractivity contribution >= 4 is 11.7 Å². The van der Waals surface area contributed by atoms with E-state index in [9.17, 15) is 4.79 Å². The molecule has 4 heteroatoms. The van der Waals surface area contributed by atoms with Crippen molar-refractivity contribution in [2.45, 2.75) is 19.8 Å². The van der Waals surface area contributed by atoms with E-state index in [1.165, 1.54) is 0 Å². The zero-order valence-electron chi connectivity index (χ0n) is 10.6. The number of nitrogen functional groups attached to an aromatic ring is 1. The molecular formula is C14H19NO3. The highest BCUT2D eigenvalue weighted by atomic mass is 16.5. The van der Waals surface area contributed by atoms with Gasteiger partial charge in [-0.05, 0) is 37.3 Å². The summed E-state index contributed by atoms with van der Waals surface area (Å²) in [6.07, 6.45) is 1.91. The Kier molecular flexibility index (Phi) is 4.20. The second-order valence-corrected chi connectivity index (χ2v) is 4.69. The number of carbonyl (C=O) groups excluding carboxylic acids is 1. The quantitative estimate of drug-likeness (QED) is 0.658. The van der Waals surface area contributed by atoms with Gasteiger partial charge in [0.05, 0.1) is 12.2 Å². The lowest BCUT2D eigenvalue weighted by Gasteiger charge is -2.21. The number of anilines is 1. The predicted octanol–water partition coefficient (Wildman–Crippen LogP) is 2.16. The molecule has 1 heterocycles. The smallest absolute Gasteiger partial charge is 0.340 e. The molecule has 1 aliphatic heterocycles. The molecule has 0 amide bonds. The predicted molar refractivity (Wildman–Crippen MR) is 69.4 cm³/mol. The Labute approximate surface area is 107 Å². The highest BCUT2D eigenvalue weighted by molar-refractivity contribution is 5.96. The first-order valence-electron chi connectivity index (χ1n) is 6.28. The lowest BCUT2D eigenvalue weighted by Crippen LogP contribution is -2.22. The Morgan fingerprint density at radius 3 is 2.83 bits per heavy atom. The molecule has 0 spiro atoms. The Bertz CT molecular complexity index is 405. The summed E-state index contributed by atoms with van der Waals surface area (Å²) in [5.74, 6) is 0.0880. The van der Waals surface area contributed by atoms with Crippen LogP contribution in [0.5, 0.6) is 0 Å². The van der Waals surface area contributed by atoms with Gasteiger partial charge < -0.3 is 15.2 Å². The van der Waals surface area contributed by atoms with Gasteiger partial charge in [-0.3, -0.25) is 0 Å². The largest absolute Gasteiger partial charge is 0.462 e. The van der Waals surface area contributed by atoms with E-state index in [2.05, 4.69) is 0 Å². The number of ether oxygens (including phenoxy) is 2. The number of aryl methyl sites for hydroxylation is 1. The molecule has 1 aliphatic rings. The Morgan fingerprint density at radius 2 is 2.17 bits per heavy atom. The third-order valence-electron chi connectivity index (χ3n) is 3.30.